The zero-order valence-corrected chi connectivity index (χ0v) is 15.3. The maximum atomic E-state index is 12.0. The summed E-state index contributed by atoms with van der Waals surface area (Å²) in [4.78, 5) is 22.5. The third-order valence-electron chi connectivity index (χ3n) is 3.48. The van der Waals surface area contributed by atoms with Crippen LogP contribution in [0, 0.1) is 6.92 Å². The van der Waals surface area contributed by atoms with E-state index in [4.69, 9.17) is 4.74 Å². The van der Waals surface area contributed by atoms with Crippen LogP contribution in [0.3, 0.4) is 0 Å². The molecule has 0 unspecified atom stereocenters. The van der Waals surface area contributed by atoms with E-state index in [1.54, 1.807) is 35.3 Å². The van der Waals surface area contributed by atoms with Crippen molar-refractivity contribution in [3.05, 3.63) is 48.0 Å². The topological polar surface area (TPSA) is 111 Å². The predicted molar refractivity (Wildman–Crippen MR) is 97.6 cm³/mol. The van der Waals surface area contributed by atoms with Gasteiger partial charge in [-0.2, -0.15) is 5.10 Å². The Hall–Kier alpha value is -3.56. The molecule has 10 nitrogen and oxygen atoms in total. The Labute approximate surface area is 156 Å². The fraction of sp³-hybridized carbons (Fsp3) is 0.294. The second kappa shape index (κ2) is 8.21. The summed E-state index contributed by atoms with van der Waals surface area (Å²) in [6.07, 6.45) is 3.41. The van der Waals surface area contributed by atoms with Gasteiger partial charge in [-0.25, -0.2) is 14.6 Å². The van der Waals surface area contributed by atoms with Gasteiger partial charge >= 0.3 is 0 Å². The quantitative estimate of drug-likeness (QED) is 0.643. The molecule has 1 amide bonds. The Morgan fingerprint density at radius 2 is 2.11 bits per heavy atom. The molecular formula is C17H20N8O2. The first-order chi connectivity index (χ1) is 13.0. The van der Waals surface area contributed by atoms with E-state index in [0.717, 1.165) is 11.4 Å². The minimum Gasteiger partial charge on any atom is -0.466 e. The zero-order chi connectivity index (χ0) is 19.2. The summed E-state index contributed by atoms with van der Waals surface area (Å²) in [6.45, 7) is 2.01. The summed E-state index contributed by atoms with van der Waals surface area (Å²) in [5.41, 5.74) is 1.56. The molecule has 0 saturated heterocycles. The highest BCUT2D eigenvalue weighted by Crippen LogP contribution is 2.08. The molecule has 0 atom stereocenters. The molecule has 3 heterocycles. The monoisotopic (exact) mass is 368 g/mol. The van der Waals surface area contributed by atoms with Gasteiger partial charge in [-0.15, -0.1) is 10.2 Å². The molecular weight excluding hydrogens is 348 g/mol. The van der Waals surface area contributed by atoms with Gasteiger partial charge in [0.15, 0.2) is 12.4 Å². The molecule has 0 spiro atoms. The first-order valence-corrected chi connectivity index (χ1v) is 8.26. The molecule has 3 aromatic rings. The second-order valence-electron chi connectivity index (χ2n) is 5.94. The second-order valence-corrected chi connectivity index (χ2v) is 5.94. The van der Waals surface area contributed by atoms with Crippen LogP contribution in [0.4, 0.5) is 5.95 Å². The smallest absolute Gasteiger partial charge is 0.258 e. The molecule has 140 valence electrons. The molecule has 0 aromatic carbocycles. The van der Waals surface area contributed by atoms with Gasteiger partial charge in [0, 0.05) is 38.2 Å². The standard InChI is InChI=1S/C17H20N8O2/c1-12-9-13(21-17(20-12)24(2)3)10-18-15(26)11-27-16-6-5-14(22-23-16)25-8-4-7-19-25/h4-9H,10-11H2,1-3H3,(H,18,26). The number of aryl methyl sites for hydroxylation is 1. The number of nitrogens with zero attached hydrogens (tertiary/aromatic N) is 7. The average Bonchev–Trinajstić information content (AvgIpc) is 3.19. The summed E-state index contributed by atoms with van der Waals surface area (Å²) in [7, 11) is 3.73. The maximum absolute atomic E-state index is 12.0. The Balaban J connectivity index is 1.50. The average molecular weight is 368 g/mol. The zero-order valence-electron chi connectivity index (χ0n) is 15.3. The number of ether oxygens (including phenoxy) is 1. The fourth-order valence-corrected chi connectivity index (χ4v) is 2.20. The van der Waals surface area contributed by atoms with Crippen molar-refractivity contribution in [2.24, 2.45) is 0 Å². The third kappa shape index (κ3) is 4.97. The van der Waals surface area contributed by atoms with Crippen LogP contribution in [-0.2, 0) is 11.3 Å². The summed E-state index contributed by atoms with van der Waals surface area (Å²) < 4.78 is 6.94. The number of hydrogen-bond acceptors (Lipinski definition) is 8. The Morgan fingerprint density at radius 1 is 1.26 bits per heavy atom. The fourth-order valence-electron chi connectivity index (χ4n) is 2.20. The van der Waals surface area contributed by atoms with Gasteiger partial charge in [0.25, 0.3) is 5.91 Å². The molecule has 1 N–H and O–H groups in total. The van der Waals surface area contributed by atoms with Crippen molar-refractivity contribution >= 4 is 11.9 Å². The number of rotatable bonds is 7. The van der Waals surface area contributed by atoms with Crippen molar-refractivity contribution in [2.75, 3.05) is 25.6 Å². The van der Waals surface area contributed by atoms with Gasteiger partial charge in [0.05, 0.1) is 12.2 Å². The molecule has 0 aliphatic rings. The van der Waals surface area contributed by atoms with Crippen molar-refractivity contribution in [3.63, 3.8) is 0 Å². The molecule has 0 aliphatic carbocycles. The third-order valence-corrected chi connectivity index (χ3v) is 3.48. The van der Waals surface area contributed by atoms with E-state index in [1.807, 2.05) is 32.0 Å². The van der Waals surface area contributed by atoms with Crippen molar-refractivity contribution in [1.29, 1.82) is 0 Å². The minimum absolute atomic E-state index is 0.166. The van der Waals surface area contributed by atoms with Crippen molar-refractivity contribution in [2.45, 2.75) is 13.5 Å². The van der Waals surface area contributed by atoms with E-state index >= 15 is 0 Å². The minimum atomic E-state index is -0.282. The van der Waals surface area contributed by atoms with E-state index in [1.165, 1.54) is 0 Å². The van der Waals surface area contributed by atoms with E-state index in [-0.39, 0.29) is 24.9 Å². The molecule has 27 heavy (non-hydrogen) atoms. The maximum Gasteiger partial charge on any atom is 0.258 e. The molecule has 3 rings (SSSR count). The first-order valence-electron chi connectivity index (χ1n) is 8.26. The van der Waals surface area contributed by atoms with Gasteiger partial charge < -0.3 is 15.0 Å². The van der Waals surface area contributed by atoms with Crippen LogP contribution in [0.15, 0.2) is 36.7 Å². The summed E-state index contributed by atoms with van der Waals surface area (Å²) in [5.74, 6) is 1.14. The highest BCUT2D eigenvalue weighted by molar-refractivity contribution is 5.77. The van der Waals surface area contributed by atoms with Gasteiger partial charge in [0.1, 0.15) is 0 Å². The lowest BCUT2D eigenvalue weighted by Crippen LogP contribution is -2.29. The van der Waals surface area contributed by atoms with Gasteiger partial charge in [-0.1, -0.05) is 0 Å². The van der Waals surface area contributed by atoms with Gasteiger partial charge in [0.2, 0.25) is 11.8 Å². The van der Waals surface area contributed by atoms with Crippen molar-refractivity contribution < 1.29 is 9.53 Å². The number of carbonyl (C=O) groups is 1. The van der Waals surface area contributed by atoms with Crippen molar-refractivity contribution in [1.82, 2.24) is 35.3 Å². The van der Waals surface area contributed by atoms with E-state index in [0.29, 0.717) is 11.8 Å². The molecule has 0 saturated carbocycles. The number of carbonyl (C=O) groups excluding carboxylic acids is 1. The number of nitrogens with one attached hydrogen (secondary N) is 1. The summed E-state index contributed by atoms with van der Waals surface area (Å²) in [5, 5.41) is 14.8. The first kappa shape index (κ1) is 18.2. The number of anilines is 1. The highest BCUT2D eigenvalue weighted by Gasteiger charge is 2.08. The van der Waals surface area contributed by atoms with Crippen LogP contribution >= 0.6 is 0 Å². The molecule has 0 bridgehead atoms. The lowest BCUT2D eigenvalue weighted by Gasteiger charge is -2.12. The molecule has 0 radical (unpaired) electrons. The number of amides is 1. The molecule has 0 fully saturated rings. The largest absolute Gasteiger partial charge is 0.466 e. The van der Waals surface area contributed by atoms with E-state index in [2.05, 4.69) is 30.6 Å². The lowest BCUT2D eigenvalue weighted by molar-refractivity contribution is -0.123. The molecule has 3 aromatic heterocycles. The summed E-state index contributed by atoms with van der Waals surface area (Å²) in [6, 6.07) is 6.96. The van der Waals surface area contributed by atoms with Crippen LogP contribution in [0.5, 0.6) is 5.88 Å². The lowest BCUT2D eigenvalue weighted by atomic mass is 10.3. The Morgan fingerprint density at radius 3 is 2.78 bits per heavy atom. The van der Waals surface area contributed by atoms with E-state index in [9.17, 15) is 4.79 Å². The van der Waals surface area contributed by atoms with E-state index < -0.39 is 0 Å². The van der Waals surface area contributed by atoms with Crippen LogP contribution < -0.4 is 15.0 Å². The van der Waals surface area contributed by atoms with Crippen molar-refractivity contribution in [3.8, 4) is 11.7 Å². The Kier molecular flexibility index (Phi) is 5.55. The molecule has 10 heteroatoms. The Bertz CT molecular complexity index is 894. The van der Waals surface area contributed by atoms with Crippen LogP contribution in [0.2, 0.25) is 0 Å². The predicted octanol–water partition coefficient (Wildman–Crippen LogP) is 0.522. The molecule has 0 aliphatic heterocycles. The number of aromatic nitrogens is 6. The number of hydrogen-bond donors (Lipinski definition) is 1. The van der Waals surface area contributed by atoms with Gasteiger partial charge in [-0.3, -0.25) is 4.79 Å². The van der Waals surface area contributed by atoms with Gasteiger partial charge in [-0.05, 0) is 25.1 Å². The SMILES string of the molecule is Cc1cc(CNC(=O)COc2ccc(-n3cccn3)nn2)nc(N(C)C)n1. The summed E-state index contributed by atoms with van der Waals surface area (Å²) >= 11 is 0. The highest BCUT2D eigenvalue weighted by atomic mass is 16.5. The van der Waals surface area contributed by atoms with Crippen LogP contribution in [-0.4, -0.2) is 56.6 Å². The van der Waals surface area contributed by atoms with Crippen LogP contribution in [0.1, 0.15) is 11.4 Å². The van der Waals surface area contributed by atoms with Crippen LogP contribution in [0.25, 0.3) is 5.82 Å². The normalized spacial score (nSPS) is 10.5.